The Morgan fingerprint density at radius 2 is 1.83 bits per heavy atom. The van der Waals surface area contributed by atoms with E-state index in [0.717, 1.165) is 37.2 Å². The number of hydrogen-bond acceptors (Lipinski definition) is 5. The van der Waals surface area contributed by atoms with Crippen molar-refractivity contribution in [3.05, 3.63) is 59.9 Å². The van der Waals surface area contributed by atoms with Crippen molar-refractivity contribution in [2.75, 3.05) is 32.7 Å². The Labute approximate surface area is 170 Å². The first-order valence-electron chi connectivity index (χ1n) is 10.1. The van der Waals surface area contributed by atoms with Crippen LogP contribution in [0.25, 0.3) is 0 Å². The highest BCUT2D eigenvalue weighted by atomic mass is 16.5. The van der Waals surface area contributed by atoms with Gasteiger partial charge in [-0.2, -0.15) is 0 Å². The summed E-state index contributed by atoms with van der Waals surface area (Å²) < 4.78 is 5.75. The summed E-state index contributed by atoms with van der Waals surface area (Å²) in [5.41, 5.74) is 1.65. The molecular formula is C22H26N4O3. The summed E-state index contributed by atoms with van der Waals surface area (Å²) in [7, 11) is 0. The number of aromatic nitrogens is 1. The van der Waals surface area contributed by atoms with E-state index in [9.17, 15) is 9.59 Å². The first kappa shape index (κ1) is 19.4. The molecule has 0 radical (unpaired) electrons. The number of carbonyl (C=O) groups excluding carboxylic acids is 2. The minimum atomic E-state index is 0.0193. The average molecular weight is 394 g/mol. The molecule has 4 rings (SSSR count). The molecule has 29 heavy (non-hydrogen) atoms. The molecule has 0 unspecified atom stereocenters. The van der Waals surface area contributed by atoms with Gasteiger partial charge < -0.3 is 15.0 Å². The molecule has 2 aliphatic rings. The fourth-order valence-electron chi connectivity index (χ4n) is 3.34. The molecule has 1 aliphatic heterocycles. The number of amides is 2. The first-order valence-corrected chi connectivity index (χ1v) is 10.1. The molecule has 1 saturated carbocycles. The van der Waals surface area contributed by atoms with Crippen molar-refractivity contribution in [3.8, 4) is 5.75 Å². The van der Waals surface area contributed by atoms with Crippen LogP contribution in [0, 0.1) is 0 Å². The van der Waals surface area contributed by atoms with Crippen LogP contribution in [0.3, 0.4) is 0 Å². The quantitative estimate of drug-likeness (QED) is 0.774. The zero-order valence-electron chi connectivity index (χ0n) is 16.4. The van der Waals surface area contributed by atoms with Crippen molar-refractivity contribution in [1.82, 2.24) is 20.1 Å². The molecule has 1 aromatic heterocycles. The van der Waals surface area contributed by atoms with Crippen molar-refractivity contribution in [2.45, 2.75) is 25.5 Å². The Hall–Kier alpha value is -2.93. The fraction of sp³-hybridized carbons (Fsp3) is 0.409. The molecular weight excluding hydrogens is 368 g/mol. The largest absolute Gasteiger partial charge is 0.489 e. The molecule has 2 aromatic rings. The van der Waals surface area contributed by atoms with Crippen LogP contribution in [0.4, 0.5) is 0 Å². The van der Waals surface area contributed by atoms with Crippen LogP contribution in [0.5, 0.6) is 5.75 Å². The Morgan fingerprint density at radius 3 is 2.48 bits per heavy atom. The van der Waals surface area contributed by atoms with Crippen molar-refractivity contribution in [2.24, 2.45) is 0 Å². The van der Waals surface area contributed by atoms with Gasteiger partial charge in [0.05, 0.1) is 6.54 Å². The second-order valence-corrected chi connectivity index (χ2v) is 7.58. The van der Waals surface area contributed by atoms with Crippen LogP contribution < -0.4 is 10.1 Å². The van der Waals surface area contributed by atoms with Crippen LogP contribution in [0.1, 0.15) is 28.8 Å². The lowest BCUT2D eigenvalue weighted by Gasteiger charge is -2.34. The van der Waals surface area contributed by atoms with Crippen LogP contribution in [-0.2, 0) is 11.4 Å². The summed E-state index contributed by atoms with van der Waals surface area (Å²) in [6.07, 6.45) is 5.70. The highest BCUT2D eigenvalue weighted by Gasteiger charge is 2.26. The predicted molar refractivity (Wildman–Crippen MR) is 109 cm³/mol. The van der Waals surface area contributed by atoms with E-state index in [4.69, 9.17) is 4.74 Å². The highest BCUT2D eigenvalue weighted by Crippen LogP contribution is 2.19. The topological polar surface area (TPSA) is 74.8 Å². The summed E-state index contributed by atoms with van der Waals surface area (Å²) in [6, 6.07) is 11.5. The molecule has 1 N–H and O–H groups in total. The van der Waals surface area contributed by atoms with Gasteiger partial charge in [0.2, 0.25) is 5.91 Å². The molecule has 0 atom stereocenters. The Kier molecular flexibility index (Phi) is 6.05. The molecule has 2 amide bonds. The number of nitrogens with one attached hydrogen (secondary N) is 1. The summed E-state index contributed by atoms with van der Waals surface area (Å²) in [4.78, 5) is 32.7. The maximum Gasteiger partial charge on any atom is 0.253 e. The number of nitrogens with zero attached hydrogens (tertiary/aromatic N) is 3. The van der Waals surface area contributed by atoms with Gasteiger partial charge in [-0.25, -0.2) is 0 Å². The van der Waals surface area contributed by atoms with E-state index in [0.29, 0.717) is 37.8 Å². The van der Waals surface area contributed by atoms with E-state index >= 15 is 0 Å². The van der Waals surface area contributed by atoms with Gasteiger partial charge in [0.15, 0.2) is 0 Å². The molecule has 152 valence electrons. The van der Waals surface area contributed by atoms with Gasteiger partial charge in [0.1, 0.15) is 12.4 Å². The summed E-state index contributed by atoms with van der Waals surface area (Å²) in [5.74, 6) is 0.830. The van der Waals surface area contributed by atoms with Gasteiger partial charge >= 0.3 is 0 Å². The number of ether oxygens (including phenoxy) is 1. The molecule has 1 aliphatic carbocycles. The summed E-state index contributed by atoms with van der Waals surface area (Å²) in [6.45, 7) is 3.56. The minimum absolute atomic E-state index is 0.0193. The van der Waals surface area contributed by atoms with E-state index in [1.807, 2.05) is 29.2 Å². The first-order chi connectivity index (χ1) is 14.2. The summed E-state index contributed by atoms with van der Waals surface area (Å²) in [5, 5.41) is 3.01. The van der Waals surface area contributed by atoms with Gasteiger partial charge in [0, 0.05) is 55.7 Å². The van der Waals surface area contributed by atoms with Crippen LogP contribution in [-0.4, -0.2) is 65.4 Å². The van der Waals surface area contributed by atoms with E-state index in [1.165, 1.54) is 0 Å². The Morgan fingerprint density at radius 1 is 1.07 bits per heavy atom. The second-order valence-electron chi connectivity index (χ2n) is 7.58. The molecule has 1 aromatic carbocycles. The molecule has 7 heteroatoms. The smallest absolute Gasteiger partial charge is 0.253 e. The standard InChI is InChI=1S/C22H26N4O3/c27-21(24-19-5-6-19)15-25-10-12-26(13-11-25)22(28)18-3-7-20(8-4-18)29-16-17-2-1-9-23-14-17/h1-4,7-9,14,19H,5-6,10-13,15-16H2,(H,24,27). The third-order valence-corrected chi connectivity index (χ3v) is 5.20. The van der Waals surface area contributed by atoms with Crippen LogP contribution in [0.15, 0.2) is 48.8 Å². The SMILES string of the molecule is O=C(CN1CCN(C(=O)c2ccc(OCc3cccnc3)cc2)CC1)NC1CC1. The number of benzene rings is 1. The number of hydrogen-bond donors (Lipinski definition) is 1. The third-order valence-electron chi connectivity index (χ3n) is 5.20. The molecule has 1 saturated heterocycles. The lowest BCUT2D eigenvalue weighted by Crippen LogP contribution is -2.51. The van der Waals surface area contributed by atoms with Crippen molar-refractivity contribution in [3.63, 3.8) is 0 Å². The molecule has 7 nitrogen and oxygen atoms in total. The molecule has 0 bridgehead atoms. The number of carbonyl (C=O) groups is 2. The fourth-order valence-corrected chi connectivity index (χ4v) is 3.34. The highest BCUT2D eigenvalue weighted by molar-refractivity contribution is 5.94. The second kappa shape index (κ2) is 9.05. The maximum absolute atomic E-state index is 12.8. The number of pyridine rings is 1. The van der Waals surface area contributed by atoms with Gasteiger partial charge in [-0.15, -0.1) is 0 Å². The summed E-state index contributed by atoms with van der Waals surface area (Å²) >= 11 is 0. The third kappa shape index (κ3) is 5.54. The maximum atomic E-state index is 12.8. The van der Waals surface area contributed by atoms with E-state index in [2.05, 4.69) is 15.2 Å². The van der Waals surface area contributed by atoms with E-state index < -0.39 is 0 Å². The number of rotatable bonds is 7. The van der Waals surface area contributed by atoms with Crippen LogP contribution >= 0.6 is 0 Å². The van der Waals surface area contributed by atoms with Gasteiger partial charge in [0.25, 0.3) is 5.91 Å². The Bertz CT molecular complexity index is 829. The lowest BCUT2D eigenvalue weighted by molar-refractivity contribution is -0.122. The average Bonchev–Trinajstić information content (AvgIpc) is 3.57. The van der Waals surface area contributed by atoms with Crippen molar-refractivity contribution < 1.29 is 14.3 Å². The van der Waals surface area contributed by atoms with E-state index in [1.54, 1.807) is 24.5 Å². The van der Waals surface area contributed by atoms with Crippen molar-refractivity contribution >= 4 is 11.8 Å². The van der Waals surface area contributed by atoms with Crippen LogP contribution in [0.2, 0.25) is 0 Å². The molecule has 2 fully saturated rings. The zero-order chi connectivity index (χ0) is 20.1. The monoisotopic (exact) mass is 394 g/mol. The van der Waals surface area contributed by atoms with Gasteiger partial charge in [-0.1, -0.05) is 6.07 Å². The van der Waals surface area contributed by atoms with Gasteiger partial charge in [-0.3, -0.25) is 19.5 Å². The van der Waals surface area contributed by atoms with Crippen molar-refractivity contribution in [1.29, 1.82) is 0 Å². The normalized spacial score (nSPS) is 17.0. The minimum Gasteiger partial charge on any atom is -0.489 e. The lowest BCUT2D eigenvalue weighted by atomic mass is 10.1. The zero-order valence-corrected chi connectivity index (χ0v) is 16.4. The molecule has 0 spiro atoms. The predicted octanol–water partition coefficient (Wildman–Crippen LogP) is 1.70. The van der Waals surface area contributed by atoms with Gasteiger partial charge in [-0.05, 0) is 43.2 Å². The number of piperazine rings is 1. The Balaban J connectivity index is 1.23. The van der Waals surface area contributed by atoms with E-state index in [-0.39, 0.29) is 11.8 Å². The molecule has 2 heterocycles.